The number of Topliss-reactive ketones (excluding diaryl/α,β-unsaturated/α-hetero) is 1. The van der Waals surface area contributed by atoms with Crippen molar-refractivity contribution >= 4 is 17.7 Å². The number of ether oxygens (including phenoxy) is 1. The summed E-state index contributed by atoms with van der Waals surface area (Å²) in [5.74, 6) is -3.22. The summed E-state index contributed by atoms with van der Waals surface area (Å²) in [4.78, 5) is 34.7. The fraction of sp³-hybridized carbons (Fsp3) is 0.357. The van der Waals surface area contributed by atoms with Gasteiger partial charge in [-0.1, -0.05) is 12.1 Å². The van der Waals surface area contributed by atoms with Crippen LogP contribution in [-0.4, -0.2) is 24.8 Å². The Morgan fingerprint density at radius 2 is 1.70 bits per heavy atom. The molecule has 1 N–H and O–H groups in total. The Morgan fingerprint density at radius 3 is 2.10 bits per heavy atom. The van der Waals surface area contributed by atoms with Gasteiger partial charge in [0.05, 0.1) is 13.2 Å². The van der Waals surface area contributed by atoms with Crippen LogP contribution in [0.15, 0.2) is 24.3 Å². The number of carbonyl (C=O) groups excluding carboxylic acids is 3. The summed E-state index contributed by atoms with van der Waals surface area (Å²) < 4.78 is 17.5. The molecule has 1 aromatic carbocycles. The first kappa shape index (κ1) is 15.8. The number of methoxy groups -OCH3 is 1. The summed E-state index contributed by atoms with van der Waals surface area (Å²) in [7, 11) is 1.16. The summed E-state index contributed by atoms with van der Waals surface area (Å²) in [5, 5.41) is 2.53. The SMILES string of the molecule is COC(=O)[C@@H](C(C)=O)[C@H](NC(C)=O)c1ccc(F)cc1. The molecule has 0 aliphatic heterocycles. The van der Waals surface area contributed by atoms with E-state index >= 15 is 0 Å². The highest BCUT2D eigenvalue weighted by Gasteiger charge is 2.35. The molecule has 0 fully saturated rings. The van der Waals surface area contributed by atoms with Crippen LogP contribution in [0.5, 0.6) is 0 Å². The van der Waals surface area contributed by atoms with E-state index in [-0.39, 0.29) is 0 Å². The van der Waals surface area contributed by atoms with Crippen LogP contribution >= 0.6 is 0 Å². The number of halogens is 1. The van der Waals surface area contributed by atoms with E-state index in [1.807, 2.05) is 0 Å². The van der Waals surface area contributed by atoms with E-state index in [1.54, 1.807) is 0 Å². The number of hydrogen-bond acceptors (Lipinski definition) is 4. The van der Waals surface area contributed by atoms with Crippen molar-refractivity contribution in [2.75, 3.05) is 7.11 Å². The first-order valence-corrected chi connectivity index (χ1v) is 5.97. The highest BCUT2D eigenvalue weighted by Crippen LogP contribution is 2.24. The lowest BCUT2D eigenvalue weighted by molar-refractivity contribution is -0.150. The molecule has 2 atom stereocenters. The molecule has 6 heteroatoms. The van der Waals surface area contributed by atoms with Gasteiger partial charge in [-0.15, -0.1) is 0 Å². The summed E-state index contributed by atoms with van der Waals surface area (Å²) in [6.07, 6.45) is 0. The zero-order valence-electron chi connectivity index (χ0n) is 11.5. The quantitative estimate of drug-likeness (QED) is 0.653. The van der Waals surface area contributed by atoms with E-state index in [9.17, 15) is 18.8 Å². The number of benzene rings is 1. The number of carbonyl (C=O) groups is 3. The number of hydrogen-bond donors (Lipinski definition) is 1. The Hall–Kier alpha value is -2.24. The van der Waals surface area contributed by atoms with Crippen LogP contribution in [0.2, 0.25) is 0 Å². The fourth-order valence-corrected chi connectivity index (χ4v) is 1.91. The van der Waals surface area contributed by atoms with Gasteiger partial charge in [0.2, 0.25) is 5.91 Å². The lowest BCUT2D eigenvalue weighted by Crippen LogP contribution is -2.39. The Morgan fingerprint density at radius 1 is 1.15 bits per heavy atom. The normalized spacial score (nSPS) is 13.2. The number of ketones is 1. The predicted octanol–water partition coefficient (Wildman–Crippen LogP) is 1.38. The third-order valence-electron chi connectivity index (χ3n) is 2.81. The van der Waals surface area contributed by atoms with Gasteiger partial charge in [0, 0.05) is 6.92 Å². The molecule has 1 amide bonds. The minimum atomic E-state index is -1.17. The summed E-state index contributed by atoms with van der Waals surface area (Å²) in [6, 6.07) is 4.32. The molecule has 1 aromatic rings. The zero-order chi connectivity index (χ0) is 15.3. The fourth-order valence-electron chi connectivity index (χ4n) is 1.91. The highest BCUT2D eigenvalue weighted by atomic mass is 19.1. The van der Waals surface area contributed by atoms with Crippen molar-refractivity contribution in [1.82, 2.24) is 5.32 Å². The second-order valence-corrected chi connectivity index (χ2v) is 4.34. The van der Waals surface area contributed by atoms with Crippen molar-refractivity contribution in [2.45, 2.75) is 19.9 Å². The molecule has 0 radical (unpaired) electrons. The average Bonchev–Trinajstić information content (AvgIpc) is 2.37. The van der Waals surface area contributed by atoms with Crippen molar-refractivity contribution in [3.8, 4) is 0 Å². The minimum Gasteiger partial charge on any atom is -0.468 e. The molecule has 0 unspecified atom stereocenters. The second-order valence-electron chi connectivity index (χ2n) is 4.34. The lowest BCUT2D eigenvalue weighted by atomic mass is 9.90. The van der Waals surface area contributed by atoms with E-state index in [0.717, 1.165) is 7.11 Å². The van der Waals surface area contributed by atoms with Crippen LogP contribution in [0.4, 0.5) is 4.39 Å². The number of rotatable bonds is 5. The Labute approximate surface area is 116 Å². The molecule has 0 spiro atoms. The molecule has 0 aliphatic rings. The third-order valence-corrected chi connectivity index (χ3v) is 2.81. The van der Waals surface area contributed by atoms with E-state index in [0.29, 0.717) is 5.56 Å². The van der Waals surface area contributed by atoms with E-state index < -0.39 is 35.4 Å². The molecule has 0 saturated carbocycles. The highest BCUT2D eigenvalue weighted by molar-refractivity contribution is 5.99. The number of nitrogens with one attached hydrogen (secondary N) is 1. The largest absolute Gasteiger partial charge is 0.468 e. The lowest BCUT2D eigenvalue weighted by Gasteiger charge is -2.24. The van der Waals surface area contributed by atoms with Gasteiger partial charge in [-0.25, -0.2) is 4.39 Å². The van der Waals surface area contributed by atoms with Crippen LogP contribution in [0.1, 0.15) is 25.5 Å². The van der Waals surface area contributed by atoms with E-state index in [2.05, 4.69) is 10.1 Å². The molecular formula is C14H16FNO4. The second kappa shape index (κ2) is 6.79. The summed E-state index contributed by atoms with van der Waals surface area (Å²) in [5.41, 5.74) is 0.451. The molecule has 108 valence electrons. The van der Waals surface area contributed by atoms with Gasteiger partial charge in [-0.05, 0) is 24.6 Å². The molecule has 0 heterocycles. The van der Waals surface area contributed by atoms with Gasteiger partial charge in [0.25, 0.3) is 0 Å². The van der Waals surface area contributed by atoms with Gasteiger partial charge in [-0.3, -0.25) is 14.4 Å². The van der Waals surface area contributed by atoms with Crippen LogP contribution < -0.4 is 5.32 Å². The van der Waals surface area contributed by atoms with Gasteiger partial charge in [0.15, 0.2) is 0 Å². The van der Waals surface area contributed by atoms with Crippen LogP contribution in [0.3, 0.4) is 0 Å². The number of esters is 1. The van der Waals surface area contributed by atoms with E-state index in [4.69, 9.17) is 0 Å². The number of amides is 1. The molecular weight excluding hydrogens is 265 g/mol. The van der Waals surface area contributed by atoms with Crippen LogP contribution in [0, 0.1) is 11.7 Å². The van der Waals surface area contributed by atoms with Gasteiger partial charge in [0.1, 0.15) is 17.5 Å². The molecule has 0 aromatic heterocycles. The van der Waals surface area contributed by atoms with Crippen molar-refractivity contribution in [3.05, 3.63) is 35.6 Å². The molecule has 0 bridgehead atoms. The van der Waals surface area contributed by atoms with Gasteiger partial charge in [-0.2, -0.15) is 0 Å². The molecule has 20 heavy (non-hydrogen) atoms. The van der Waals surface area contributed by atoms with Crippen molar-refractivity contribution in [3.63, 3.8) is 0 Å². The molecule has 0 saturated heterocycles. The van der Waals surface area contributed by atoms with E-state index in [1.165, 1.54) is 38.1 Å². The van der Waals surface area contributed by atoms with Gasteiger partial charge < -0.3 is 10.1 Å². The van der Waals surface area contributed by atoms with Crippen molar-refractivity contribution < 1.29 is 23.5 Å². The third kappa shape index (κ3) is 3.88. The van der Waals surface area contributed by atoms with Crippen LogP contribution in [-0.2, 0) is 19.1 Å². The molecule has 5 nitrogen and oxygen atoms in total. The zero-order valence-corrected chi connectivity index (χ0v) is 11.5. The Bertz CT molecular complexity index is 512. The summed E-state index contributed by atoms with van der Waals surface area (Å²) in [6.45, 7) is 2.50. The van der Waals surface area contributed by atoms with Gasteiger partial charge >= 0.3 is 5.97 Å². The van der Waals surface area contributed by atoms with Crippen molar-refractivity contribution in [2.24, 2.45) is 5.92 Å². The Balaban J connectivity index is 3.21. The maximum atomic E-state index is 13.0. The summed E-state index contributed by atoms with van der Waals surface area (Å²) >= 11 is 0. The van der Waals surface area contributed by atoms with Crippen LogP contribution in [0.25, 0.3) is 0 Å². The minimum absolute atomic E-state index is 0.408. The first-order chi connectivity index (χ1) is 9.36. The molecule has 0 aliphatic carbocycles. The monoisotopic (exact) mass is 281 g/mol. The topological polar surface area (TPSA) is 72.5 Å². The standard InChI is InChI=1S/C14H16FNO4/c1-8(17)12(14(19)20-3)13(16-9(2)18)10-4-6-11(15)7-5-10/h4-7,12-13H,1-3H3,(H,16,18)/t12-,13+/m0/s1. The predicted molar refractivity (Wildman–Crippen MR) is 69.1 cm³/mol. The average molecular weight is 281 g/mol. The molecule has 1 rings (SSSR count). The maximum Gasteiger partial charge on any atom is 0.318 e. The maximum absolute atomic E-state index is 13.0. The first-order valence-electron chi connectivity index (χ1n) is 5.97. The smallest absolute Gasteiger partial charge is 0.318 e. The van der Waals surface area contributed by atoms with Crippen molar-refractivity contribution in [1.29, 1.82) is 0 Å². The Kier molecular flexibility index (Phi) is 5.37.